The first-order valence-corrected chi connectivity index (χ1v) is 7.35. The van der Waals surface area contributed by atoms with E-state index in [1.165, 1.54) is 6.07 Å². The normalized spacial score (nSPS) is 18.4. The van der Waals surface area contributed by atoms with E-state index < -0.39 is 11.2 Å². The number of carbonyl (C=O) groups excluding carboxylic acids is 1. The fraction of sp³-hybridized carbons (Fsp3) is 0.562. The fourth-order valence-electron chi connectivity index (χ4n) is 2.92. The molecule has 1 fully saturated rings. The number of nitrogens with one attached hydrogen (secondary N) is 1. The molecule has 2 rings (SSSR count). The molecule has 0 aliphatic heterocycles. The fourth-order valence-corrected chi connectivity index (χ4v) is 2.92. The number of nitrogens with two attached hydrogens (primary N) is 1. The summed E-state index contributed by atoms with van der Waals surface area (Å²) in [4.78, 5) is 12.6. The van der Waals surface area contributed by atoms with Crippen molar-refractivity contribution in [3.63, 3.8) is 0 Å². The zero-order chi connectivity index (χ0) is 14.6. The smallest absolute Gasteiger partial charge is 0.231 e. The van der Waals surface area contributed by atoms with E-state index >= 15 is 0 Å². The molecule has 1 aliphatic carbocycles. The lowest BCUT2D eigenvalue weighted by molar-refractivity contribution is -0.125. The van der Waals surface area contributed by atoms with Gasteiger partial charge in [0.05, 0.1) is 11.1 Å². The van der Waals surface area contributed by atoms with Gasteiger partial charge in [0.2, 0.25) is 5.91 Å². The third kappa shape index (κ3) is 3.18. The van der Waals surface area contributed by atoms with Crippen molar-refractivity contribution in [2.45, 2.75) is 45.4 Å². The van der Waals surface area contributed by atoms with Gasteiger partial charge in [-0.05, 0) is 37.5 Å². The van der Waals surface area contributed by atoms with Crippen LogP contribution in [0.1, 0.15) is 44.1 Å². The summed E-state index contributed by atoms with van der Waals surface area (Å²) in [5.74, 6) is -0.531. The van der Waals surface area contributed by atoms with Crippen LogP contribution in [0.15, 0.2) is 18.2 Å². The molecule has 0 spiro atoms. The van der Waals surface area contributed by atoms with Crippen molar-refractivity contribution in [3.05, 3.63) is 29.6 Å². The first-order valence-electron chi connectivity index (χ1n) is 7.35. The lowest BCUT2D eigenvalue weighted by Crippen LogP contribution is -2.42. The SMILES string of the molecule is Cc1ccc(F)c(NC(=O)C2(CN)CCCCCC2)c1. The van der Waals surface area contributed by atoms with E-state index in [1.54, 1.807) is 12.1 Å². The van der Waals surface area contributed by atoms with Crippen LogP contribution in [0.5, 0.6) is 0 Å². The quantitative estimate of drug-likeness (QED) is 0.833. The maximum Gasteiger partial charge on any atom is 0.231 e. The number of halogens is 1. The van der Waals surface area contributed by atoms with Gasteiger partial charge < -0.3 is 11.1 Å². The van der Waals surface area contributed by atoms with E-state index in [-0.39, 0.29) is 11.6 Å². The van der Waals surface area contributed by atoms with Crippen molar-refractivity contribution in [3.8, 4) is 0 Å². The number of anilines is 1. The molecular weight excluding hydrogens is 255 g/mol. The Morgan fingerprint density at radius 1 is 1.30 bits per heavy atom. The number of hydrogen-bond acceptors (Lipinski definition) is 2. The molecule has 110 valence electrons. The van der Waals surface area contributed by atoms with Crippen LogP contribution < -0.4 is 11.1 Å². The second kappa shape index (κ2) is 6.35. The van der Waals surface area contributed by atoms with E-state index in [2.05, 4.69) is 5.32 Å². The van der Waals surface area contributed by atoms with Gasteiger partial charge in [-0.1, -0.05) is 31.7 Å². The van der Waals surface area contributed by atoms with Gasteiger partial charge in [0.1, 0.15) is 5.82 Å². The molecule has 0 aromatic heterocycles. The van der Waals surface area contributed by atoms with Crippen LogP contribution in [0.3, 0.4) is 0 Å². The van der Waals surface area contributed by atoms with Crippen molar-refractivity contribution >= 4 is 11.6 Å². The zero-order valence-corrected chi connectivity index (χ0v) is 12.0. The van der Waals surface area contributed by atoms with Gasteiger partial charge >= 0.3 is 0 Å². The maximum absolute atomic E-state index is 13.8. The Bertz CT molecular complexity index is 479. The van der Waals surface area contributed by atoms with Gasteiger partial charge in [0.15, 0.2) is 0 Å². The van der Waals surface area contributed by atoms with Crippen LogP contribution in [0.2, 0.25) is 0 Å². The molecule has 3 nitrogen and oxygen atoms in total. The molecule has 3 N–H and O–H groups in total. The minimum atomic E-state index is -0.535. The van der Waals surface area contributed by atoms with Gasteiger partial charge in [-0.25, -0.2) is 4.39 Å². The van der Waals surface area contributed by atoms with Crippen LogP contribution in [0, 0.1) is 18.2 Å². The van der Waals surface area contributed by atoms with Crippen LogP contribution in [0.4, 0.5) is 10.1 Å². The zero-order valence-electron chi connectivity index (χ0n) is 12.0. The average Bonchev–Trinajstić information content (AvgIpc) is 2.69. The van der Waals surface area contributed by atoms with E-state index in [9.17, 15) is 9.18 Å². The number of benzene rings is 1. The highest BCUT2D eigenvalue weighted by Crippen LogP contribution is 2.35. The van der Waals surface area contributed by atoms with E-state index in [4.69, 9.17) is 5.73 Å². The molecule has 0 atom stereocenters. The predicted molar refractivity (Wildman–Crippen MR) is 79.0 cm³/mol. The minimum Gasteiger partial charge on any atom is -0.329 e. The second-order valence-electron chi connectivity index (χ2n) is 5.84. The first kappa shape index (κ1) is 15.0. The minimum absolute atomic E-state index is 0.133. The third-order valence-corrected chi connectivity index (χ3v) is 4.30. The van der Waals surface area contributed by atoms with Gasteiger partial charge in [-0.2, -0.15) is 0 Å². The van der Waals surface area contributed by atoms with Gasteiger partial charge in [-0.3, -0.25) is 4.79 Å². The highest BCUT2D eigenvalue weighted by atomic mass is 19.1. The molecule has 0 unspecified atom stereocenters. The molecule has 0 heterocycles. The van der Waals surface area contributed by atoms with Crippen LogP contribution in [-0.4, -0.2) is 12.5 Å². The lowest BCUT2D eigenvalue weighted by atomic mass is 9.79. The predicted octanol–water partition coefficient (Wildman–Crippen LogP) is 3.37. The molecular formula is C16H23FN2O. The number of rotatable bonds is 3. The van der Waals surface area contributed by atoms with Crippen LogP contribution >= 0.6 is 0 Å². The lowest BCUT2D eigenvalue weighted by Gasteiger charge is -2.30. The van der Waals surface area contributed by atoms with Crippen molar-refractivity contribution in [1.29, 1.82) is 0 Å². The van der Waals surface area contributed by atoms with E-state index in [1.807, 2.05) is 6.92 Å². The second-order valence-corrected chi connectivity index (χ2v) is 5.84. The van der Waals surface area contributed by atoms with E-state index in [0.717, 1.165) is 44.1 Å². The number of carbonyl (C=O) groups is 1. The highest BCUT2D eigenvalue weighted by Gasteiger charge is 2.37. The molecule has 0 radical (unpaired) electrons. The molecule has 4 heteroatoms. The number of aryl methyl sites for hydroxylation is 1. The number of amides is 1. The van der Waals surface area contributed by atoms with E-state index in [0.29, 0.717) is 6.54 Å². The summed E-state index contributed by atoms with van der Waals surface area (Å²) in [5.41, 5.74) is 6.52. The summed E-state index contributed by atoms with van der Waals surface area (Å²) in [7, 11) is 0. The summed E-state index contributed by atoms with van der Waals surface area (Å²) in [5, 5.41) is 2.75. The van der Waals surface area contributed by atoms with Crippen molar-refractivity contribution in [2.75, 3.05) is 11.9 Å². The Morgan fingerprint density at radius 3 is 2.55 bits per heavy atom. The highest BCUT2D eigenvalue weighted by molar-refractivity contribution is 5.95. The molecule has 1 saturated carbocycles. The van der Waals surface area contributed by atoms with Crippen LogP contribution in [-0.2, 0) is 4.79 Å². The van der Waals surface area contributed by atoms with Crippen molar-refractivity contribution < 1.29 is 9.18 Å². The summed E-state index contributed by atoms with van der Waals surface area (Å²) in [6.45, 7) is 2.20. The Kier molecular flexibility index (Phi) is 4.76. The molecule has 1 aliphatic rings. The van der Waals surface area contributed by atoms with Crippen molar-refractivity contribution in [1.82, 2.24) is 0 Å². The Hall–Kier alpha value is -1.42. The summed E-state index contributed by atoms with van der Waals surface area (Å²) >= 11 is 0. The Morgan fingerprint density at radius 2 is 1.95 bits per heavy atom. The monoisotopic (exact) mass is 278 g/mol. The Labute approximate surface area is 119 Å². The van der Waals surface area contributed by atoms with Gasteiger partial charge in [0, 0.05) is 6.54 Å². The summed E-state index contributed by atoms with van der Waals surface area (Å²) < 4.78 is 13.8. The summed E-state index contributed by atoms with van der Waals surface area (Å²) in [6, 6.07) is 4.73. The maximum atomic E-state index is 13.8. The molecule has 0 saturated heterocycles. The summed E-state index contributed by atoms with van der Waals surface area (Å²) in [6.07, 6.45) is 5.91. The topological polar surface area (TPSA) is 55.1 Å². The standard InChI is InChI=1S/C16H23FN2O/c1-12-6-7-13(17)14(10-12)19-15(20)16(11-18)8-4-2-3-5-9-16/h6-7,10H,2-5,8-9,11,18H2,1H3,(H,19,20). The molecule has 0 bridgehead atoms. The Balaban J connectivity index is 2.18. The first-order chi connectivity index (χ1) is 9.57. The molecule has 1 amide bonds. The van der Waals surface area contributed by atoms with Crippen molar-refractivity contribution in [2.24, 2.45) is 11.1 Å². The third-order valence-electron chi connectivity index (χ3n) is 4.30. The number of hydrogen-bond donors (Lipinski definition) is 2. The van der Waals surface area contributed by atoms with Gasteiger partial charge in [0.25, 0.3) is 0 Å². The molecule has 1 aromatic carbocycles. The molecule has 20 heavy (non-hydrogen) atoms. The molecule has 1 aromatic rings. The largest absolute Gasteiger partial charge is 0.329 e. The van der Waals surface area contributed by atoms with Crippen LogP contribution in [0.25, 0.3) is 0 Å². The average molecular weight is 278 g/mol. The van der Waals surface area contributed by atoms with Gasteiger partial charge in [-0.15, -0.1) is 0 Å².